The van der Waals surface area contributed by atoms with Crippen LogP contribution in [0.15, 0.2) is 18.2 Å². The van der Waals surface area contributed by atoms with Crippen LogP contribution in [0.25, 0.3) is 0 Å². The maximum atomic E-state index is 11.6. The zero-order valence-electron chi connectivity index (χ0n) is 8.35. The summed E-state index contributed by atoms with van der Waals surface area (Å²) in [4.78, 5) is 11.6. The average molecular weight is 177 g/mol. The van der Waals surface area contributed by atoms with Crippen molar-refractivity contribution in [1.82, 2.24) is 5.32 Å². The monoisotopic (exact) mass is 177 g/mol. The van der Waals surface area contributed by atoms with Crippen LogP contribution in [0.2, 0.25) is 0 Å². The van der Waals surface area contributed by atoms with Crippen molar-refractivity contribution in [3.8, 4) is 0 Å². The van der Waals surface area contributed by atoms with Crippen LogP contribution in [-0.2, 0) is 0 Å². The number of nitrogens with one attached hydrogen (secondary N) is 1. The molecular weight excluding hydrogens is 162 g/mol. The molecule has 0 unspecified atom stereocenters. The number of carbonyl (C=O) groups excluding carboxylic acids is 1. The van der Waals surface area contributed by atoms with Gasteiger partial charge in [0.25, 0.3) is 5.91 Å². The molecule has 0 aliphatic carbocycles. The number of aryl methyl sites for hydroxylation is 2. The summed E-state index contributed by atoms with van der Waals surface area (Å²) >= 11 is 0. The van der Waals surface area contributed by atoms with Crippen molar-refractivity contribution in [3.63, 3.8) is 0 Å². The second kappa shape index (κ2) is 4.08. The zero-order chi connectivity index (χ0) is 9.84. The van der Waals surface area contributed by atoms with Gasteiger partial charge in [-0.2, -0.15) is 0 Å². The van der Waals surface area contributed by atoms with Crippen LogP contribution in [0, 0.1) is 13.8 Å². The minimum Gasteiger partial charge on any atom is -0.352 e. The summed E-state index contributed by atoms with van der Waals surface area (Å²) in [6, 6.07) is 5.88. The van der Waals surface area contributed by atoms with Gasteiger partial charge in [0.1, 0.15) is 0 Å². The second-order valence-corrected chi connectivity index (χ2v) is 3.13. The Kier molecular flexibility index (Phi) is 3.07. The molecule has 0 aliphatic rings. The van der Waals surface area contributed by atoms with Gasteiger partial charge in [-0.3, -0.25) is 4.79 Å². The highest BCUT2D eigenvalue weighted by molar-refractivity contribution is 5.96. The van der Waals surface area contributed by atoms with E-state index in [9.17, 15) is 4.79 Å². The molecular formula is C11H15NO. The van der Waals surface area contributed by atoms with Crippen LogP contribution in [0.4, 0.5) is 0 Å². The molecule has 0 aromatic heterocycles. The molecule has 0 radical (unpaired) electrons. The smallest absolute Gasteiger partial charge is 0.251 e. The minimum absolute atomic E-state index is 0.0260. The first-order chi connectivity index (χ1) is 6.16. The van der Waals surface area contributed by atoms with E-state index in [4.69, 9.17) is 0 Å². The molecule has 1 N–H and O–H groups in total. The highest BCUT2D eigenvalue weighted by atomic mass is 16.1. The average Bonchev–Trinajstić information content (AvgIpc) is 2.04. The van der Waals surface area contributed by atoms with Gasteiger partial charge in [0.05, 0.1) is 0 Å². The summed E-state index contributed by atoms with van der Waals surface area (Å²) < 4.78 is 0. The fourth-order valence-electron chi connectivity index (χ4n) is 1.42. The molecule has 2 nitrogen and oxygen atoms in total. The van der Waals surface area contributed by atoms with Crippen LogP contribution in [-0.4, -0.2) is 12.5 Å². The fraction of sp³-hybridized carbons (Fsp3) is 0.364. The van der Waals surface area contributed by atoms with E-state index in [0.717, 1.165) is 16.7 Å². The molecule has 2 heteroatoms. The van der Waals surface area contributed by atoms with Crippen molar-refractivity contribution in [2.45, 2.75) is 20.8 Å². The van der Waals surface area contributed by atoms with Crippen molar-refractivity contribution in [1.29, 1.82) is 0 Å². The maximum absolute atomic E-state index is 11.6. The highest BCUT2D eigenvalue weighted by Gasteiger charge is 2.09. The number of hydrogen-bond acceptors (Lipinski definition) is 1. The van der Waals surface area contributed by atoms with Crippen LogP contribution in [0.3, 0.4) is 0 Å². The summed E-state index contributed by atoms with van der Waals surface area (Å²) in [5.74, 6) is 0.0260. The molecule has 0 saturated heterocycles. The van der Waals surface area contributed by atoms with Crippen molar-refractivity contribution < 1.29 is 4.79 Å². The van der Waals surface area contributed by atoms with Gasteiger partial charge in [-0.25, -0.2) is 0 Å². The van der Waals surface area contributed by atoms with E-state index in [0.29, 0.717) is 6.54 Å². The molecule has 1 rings (SSSR count). The quantitative estimate of drug-likeness (QED) is 0.736. The molecule has 1 aromatic rings. The zero-order valence-corrected chi connectivity index (χ0v) is 8.35. The number of carbonyl (C=O) groups is 1. The van der Waals surface area contributed by atoms with Crippen molar-refractivity contribution >= 4 is 5.91 Å². The topological polar surface area (TPSA) is 29.1 Å². The summed E-state index contributed by atoms with van der Waals surface area (Å²) in [6.07, 6.45) is 0. The Hall–Kier alpha value is -1.31. The van der Waals surface area contributed by atoms with E-state index in [1.54, 1.807) is 0 Å². The Morgan fingerprint density at radius 2 is 1.85 bits per heavy atom. The lowest BCUT2D eigenvalue weighted by Crippen LogP contribution is -2.24. The highest BCUT2D eigenvalue weighted by Crippen LogP contribution is 2.12. The fourth-order valence-corrected chi connectivity index (χ4v) is 1.42. The predicted molar refractivity (Wildman–Crippen MR) is 53.9 cm³/mol. The number of rotatable bonds is 2. The minimum atomic E-state index is 0.0260. The van der Waals surface area contributed by atoms with Gasteiger partial charge < -0.3 is 5.32 Å². The normalized spacial score (nSPS) is 9.77. The van der Waals surface area contributed by atoms with E-state index in [-0.39, 0.29) is 5.91 Å². The first kappa shape index (κ1) is 9.78. The Morgan fingerprint density at radius 1 is 1.31 bits per heavy atom. The van der Waals surface area contributed by atoms with Crippen molar-refractivity contribution in [2.24, 2.45) is 0 Å². The third-order valence-corrected chi connectivity index (χ3v) is 2.05. The molecule has 0 heterocycles. The van der Waals surface area contributed by atoms with Gasteiger partial charge in [0.15, 0.2) is 0 Å². The van der Waals surface area contributed by atoms with Gasteiger partial charge >= 0.3 is 0 Å². The Morgan fingerprint density at radius 3 is 2.31 bits per heavy atom. The second-order valence-electron chi connectivity index (χ2n) is 3.13. The molecule has 1 aromatic carbocycles. The predicted octanol–water partition coefficient (Wildman–Crippen LogP) is 2.05. The van der Waals surface area contributed by atoms with Gasteiger partial charge in [0.2, 0.25) is 0 Å². The molecule has 1 amide bonds. The van der Waals surface area contributed by atoms with Crippen LogP contribution in [0.5, 0.6) is 0 Å². The lowest BCUT2D eigenvalue weighted by Gasteiger charge is -2.08. The van der Waals surface area contributed by atoms with Crippen molar-refractivity contribution in [3.05, 3.63) is 34.9 Å². The van der Waals surface area contributed by atoms with E-state index in [1.165, 1.54) is 0 Å². The van der Waals surface area contributed by atoms with Gasteiger partial charge in [-0.1, -0.05) is 18.2 Å². The molecule has 13 heavy (non-hydrogen) atoms. The molecule has 70 valence electrons. The van der Waals surface area contributed by atoms with Gasteiger partial charge in [-0.15, -0.1) is 0 Å². The first-order valence-electron chi connectivity index (χ1n) is 4.51. The standard InChI is InChI=1S/C11H15NO/c1-4-12-11(13)10-8(2)6-5-7-9(10)3/h5-7H,4H2,1-3H3,(H,12,13). The Labute approximate surface area is 79.0 Å². The van der Waals surface area contributed by atoms with Crippen molar-refractivity contribution in [2.75, 3.05) is 6.54 Å². The third kappa shape index (κ3) is 2.08. The largest absolute Gasteiger partial charge is 0.352 e. The first-order valence-corrected chi connectivity index (χ1v) is 4.51. The molecule has 0 bridgehead atoms. The Balaban J connectivity index is 3.05. The summed E-state index contributed by atoms with van der Waals surface area (Å²) in [7, 11) is 0. The van der Waals surface area contributed by atoms with Gasteiger partial charge in [0, 0.05) is 12.1 Å². The van der Waals surface area contributed by atoms with Gasteiger partial charge in [-0.05, 0) is 31.9 Å². The van der Waals surface area contributed by atoms with E-state index in [2.05, 4.69) is 5.32 Å². The molecule has 0 saturated carbocycles. The summed E-state index contributed by atoms with van der Waals surface area (Å²) in [5.41, 5.74) is 2.88. The molecule has 0 aliphatic heterocycles. The summed E-state index contributed by atoms with van der Waals surface area (Å²) in [5, 5.41) is 2.80. The van der Waals surface area contributed by atoms with Crippen LogP contribution < -0.4 is 5.32 Å². The van der Waals surface area contributed by atoms with E-state index >= 15 is 0 Å². The van der Waals surface area contributed by atoms with E-state index in [1.807, 2.05) is 39.0 Å². The van der Waals surface area contributed by atoms with E-state index < -0.39 is 0 Å². The van der Waals surface area contributed by atoms with Crippen LogP contribution in [0.1, 0.15) is 28.4 Å². The Bertz CT molecular complexity index is 298. The molecule has 0 spiro atoms. The molecule has 0 fully saturated rings. The van der Waals surface area contributed by atoms with Crippen LogP contribution >= 0.6 is 0 Å². The number of hydrogen-bond donors (Lipinski definition) is 1. The maximum Gasteiger partial charge on any atom is 0.251 e. The summed E-state index contributed by atoms with van der Waals surface area (Å²) in [6.45, 7) is 6.51. The number of benzene rings is 1. The lowest BCUT2D eigenvalue weighted by atomic mass is 10.0. The molecule has 0 atom stereocenters. The number of amides is 1. The lowest BCUT2D eigenvalue weighted by molar-refractivity contribution is 0.0954. The SMILES string of the molecule is CCNC(=O)c1c(C)cccc1C. The third-order valence-electron chi connectivity index (χ3n) is 2.05.